The molecule has 1 aromatic rings. The quantitative estimate of drug-likeness (QED) is 0.555. The highest BCUT2D eigenvalue weighted by molar-refractivity contribution is 5.65. The lowest BCUT2D eigenvalue weighted by Crippen LogP contribution is -2.11. The highest BCUT2D eigenvalue weighted by Gasteiger charge is 2.39. The van der Waals surface area contributed by atoms with Crippen LogP contribution in [0, 0.1) is 0 Å². The first-order valence-electron chi connectivity index (χ1n) is 5.66. The Kier molecular flexibility index (Phi) is 4.12. The van der Waals surface area contributed by atoms with Crippen LogP contribution in [0.25, 0.3) is 0 Å². The molecule has 0 N–H and O–H groups in total. The van der Waals surface area contributed by atoms with Gasteiger partial charge in [0.1, 0.15) is 18.8 Å². The van der Waals surface area contributed by atoms with Gasteiger partial charge in [-0.2, -0.15) is 0 Å². The molecule has 1 aliphatic heterocycles. The van der Waals surface area contributed by atoms with Gasteiger partial charge in [0.15, 0.2) is 0 Å². The molecule has 0 aromatic heterocycles. The molecule has 2 rings (SSSR count). The molecule has 4 heteroatoms. The summed E-state index contributed by atoms with van der Waals surface area (Å²) in [4.78, 5) is 10.6. The van der Waals surface area contributed by atoms with E-state index in [2.05, 4.69) is 0 Å². The van der Waals surface area contributed by atoms with E-state index in [1.54, 1.807) is 0 Å². The van der Waals surface area contributed by atoms with E-state index in [0.717, 1.165) is 5.56 Å². The van der Waals surface area contributed by atoms with Gasteiger partial charge >= 0.3 is 5.97 Å². The van der Waals surface area contributed by atoms with Crippen LogP contribution in [0.3, 0.4) is 0 Å². The van der Waals surface area contributed by atoms with Crippen molar-refractivity contribution in [2.45, 2.75) is 25.7 Å². The molecule has 0 saturated carbocycles. The van der Waals surface area contributed by atoms with Gasteiger partial charge in [0.25, 0.3) is 0 Å². The summed E-state index contributed by atoms with van der Waals surface area (Å²) in [6, 6.07) is 9.97. The van der Waals surface area contributed by atoms with Crippen LogP contribution in [0.2, 0.25) is 0 Å². The van der Waals surface area contributed by atoms with Gasteiger partial charge in [-0.25, -0.2) is 0 Å². The number of carbonyl (C=O) groups is 1. The number of hydrogen-bond donors (Lipinski definition) is 0. The molecule has 4 nitrogen and oxygen atoms in total. The molecule has 1 aromatic carbocycles. The lowest BCUT2D eigenvalue weighted by Gasteiger charge is -2.02. The standard InChI is InChI=1S/C13H16O4/c1-10(14)16-9-13-12(17-13)8-15-7-11-5-3-2-4-6-11/h2-6,12-13H,7-9H2,1H3/t12-,13-/m0/s1. The second kappa shape index (κ2) is 5.80. The third kappa shape index (κ3) is 4.17. The molecule has 0 spiro atoms. The zero-order valence-corrected chi connectivity index (χ0v) is 9.80. The van der Waals surface area contributed by atoms with E-state index >= 15 is 0 Å². The molecule has 1 heterocycles. The molecular formula is C13H16O4. The van der Waals surface area contributed by atoms with Gasteiger partial charge in [-0.1, -0.05) is 30.3 Å². The first-order valence-corrected chi connectivity index (χ1v) is 5.66. The van der Waals surface area contributed by atoms with Crippen molar-refractivity contribution >= 4 is 5.97 Å². The zero-order valence-electron chi connectivity index (χ0n) is 9.80. The van der Waals surface area contributed by atoms with Crippen molar-refractivity contribution < 1.29 is 19.0 Å². The zero-order chi connectivity index (χ0) is 12.1. The van der Waals surface area contributed by atoms with Gasteiger partial charge in [0.2, 0.25) is 0 Å². The van der Waals surface area contributed by atoms with Gasteiger partial charge in [-0.05, 0) is 5.56 Å². The van der Waals surface area contributed by atoms with Crippen molar-refractivity contribution in [2.75, 3.05) is 13.2 Å². The first kappa shape index (κ1) is 12.1. The fourth-order valence-electron chi connectivity index (χ4n) is 1.54. The molecule has 92 valence electrons. The van der Waals surface area contributed by atoms with Crippen molar-refractivity contribution in [3.63, 3.8) is 0 Å². The van der Waals surface area contributed by atoms with Crippen LogP contribution in [0.15, 0.2) is 30.3 Å². The normalized spacial score (nSPS) is 22.2. The summed E-state index contributed by atoms with van der Waals surface area (Å²) in [6.07, 6.45) is 0.0766. The number of benzene rings is 1. The van der Waals surface area contributed by atoms with Gasteiger partial charge in [0, 0.05) is 6.92 Å². The molecule has 1 aliphatic rings. The summed E-state index contributed by atoms with van der Waals surface area (Å²) < 4.78 is 15.7. The number of esters is 1. The smallest absolute Gasteiger partial charge is 0.302 e. The predicted octanol–water partition coefficient (Wildman–Crippen LogP) is 1.53. The van der Waals surface area contributed by atoms with Crippen LogP contribution in [0.1, 0.15) is 12.5 Å². The highest BCUT2D eigenvalue weighted by Crippen LogP contribution is 2.22. The fourth-order valence-corrected chi connectivity index (χ4v) is 1.54. The third-order valence-electron chi connectivity index (χ3n) is 2.53. The number of hydrogen-bond acceptors (Lipinski definition) is 4. The van der Waals surface area contributed by atoms with E-state index < -0.39 is 0 Å². The van der Waals surface area contributed by atoms with E-state index in [1.165, 1.54) is 6.92 Å². The summed E-state index contributed by atoms with van der Waals surface area (Å²) in [7, 11) is 0. The molecule has 1 fully saturated rings. The summed E-state index contributed by atoms with van der Waals surface area (Å²) >= 11 is 0. The Hall–Kier alpha value is -1.39. The van der Waals surface area contributed by atoms with Crippen LogP contribution in [-0.4, -0.2) is 31.4 Å². The van der Waals surface area contributed by atoms with E-state index in [9.17, 15) is 4.79 Å². The topological polar surface area (TPSA) is 48.1 Å². The number of ether oxygens (including phenoxy) is 3. The van der Waals surface area contributed by atoms with E-state index in [0.29, 0.717) is 19.8 Å². The molecular weight excluding hydrogens is 220 g/mol. The minimum absolute atomic E-state index is 0.00896. The second-order valence-corrected chi connectivity index (χ2v) is 4.02. The first-order chi connectivity index (χ1) is 8.25. The second-order valence-electron chi connectivity index (χ2n) is 4.02. The monoisotopic (exact) mass is 236 g/mol. The predicted molar refractivity (Wildman–Crippen MR) is 61.4 cm³/mol. The molecule has 0 amide bonds. The molecule has 0 aliphatic carbocycles. The lowest BCUT2D eigenvalue weighted by molar-refractivity contribution is -0.141. The molecule has 2 atom stereocenters. The Morgan fingerprint density at radius 2 is 1.94 bits per heavy atom. The summed E-state index contributed by atoms with van der Waals surface area (Å²) in [5.74, 6) is -0.274. The third-order valence-corrected chi connectivity index (χ3v) is 2.53. The maximum absolute atomic E-state index is 10.6. The average molecular weight is 236 g/mol. The van der Waals surface area contributed by atoms with E-state index in [4.69, 9.17) is 14.2 Å². The van der Waals surface area contributed by atoms with Crippen LogP contribution in [-0.2, 0) is 25.6 Å². The maximum Gasteiger partial charge on any atom is 0.302 e. The number of epoxide rings is 1. The average Bonchev–Trinajstić information content (AvgIpc) is 3.07. The maximum atomic E-state index is 10.6. The molecule has 1 saturated heterocycles. The van der Waals surface area contributed by atoms with Gasteiger partial charge < -0.3 is 14.2 Å². The summed E-state index contributed by atoms with van der Waals surface area (Å²) in [5.41, 5.74) is 1.14. The van der Waals surface area contributed by atoms with Crippen LogP contribution < -0.4 is 0 Å². The van der Waals surface area contributed by atoms with Gasteiger partial charge in [-0.15, -0.1) is 0 Å². The van der Waals surface area contributed by atoms with Crippen LogP contribution in [0.5, 0.6) is 0 Å². The van der Waals surface area contributed by atoms with Gasteiger partial charge in [-0.3, -0.25) is 4.79 Å². The van der Waals surface area contributed by atoms with E-state index in [1.807, 2.05) is 30.3 Å². The van der Waals surface area contributed by atoms with Crippen LogP contribution in [0.4, 0.5) is 0 Å². The van der Waals surface area contributed by atoms with Crippen molar-refractivity contribution in [1.82, 2.24) is 0 Å². The summed E-state index contributed by atoms with van der Waals surface area (Å²) in [5, 5.41) is 0. The van der Waals surface area contributed by atoms with Crippen molar-refractivity contribution in [2.24, 2.45) is 0 Å². The number of carbonyl (C=O) groups excluding carboxylic acids is 1. The SMILES string of the molecule is CC(=O)OC[C@@H]1O[C@H]1COCc1ccccc1. The molecule has 0 unspecified atom stereocenters. The Morgan fingerprint density at radius 1 is 1.24 bits per heavy atom. The minimum Gasteiger partial charge on any atom is -0.463 e. The highest BCUT2D eigenvalue weighted by atomic mass is 16.6. The fraction of sp³-hybridized carbons (Fsp3) is 0.462. The Labute approximate surface area is 100 Å². The number of rotatable bonds is 6. The van der Waals surface area contributed by atoms with Crippen molar-refractivity contribution in [1.29, 1.82) is 0 Å². The minimum atomic E-state index is -0.274. The van der Waals surface area contributed by atoms with Crippen molar-refractivity contribution in [3.05, 3.63) is 35.9 Å². The Bertz CT molecular complexity index is 363. The van der Waals surface area contributed by atoms with E-state index in [-0.39, 0.29) is 18.2 Å². The summed E-state index contributed by atoms with van der Waals surface area (Å²) in [6.45, 7) is 2.85. The molecule has 0 radical (unpaired) electrons. The largest absolute Gasteiger partial charge is 0.463 e. The Morgan fingerprint density at radius 3 is 2.65 bits per heavy atom. The Balaban J connectivity index is 1.57. The van der Waals surface area contributed by atoms with Crippen LogP contribution >= 0.6 is 0 Å². The van der Waals surface area contributed by atoms with Crippen molar-refractivity contribution in [3.8, 4) is 0 Å². The molecule has 0 bridgehead atoms. The molecule has 17 heavy (non-hydrogen) atoms. The van der Waals surface area contributed by atoms with Gasteiger partial charge in [0.05, 0.1) is 13.2 Å². The lowest BCUT2D eigenvalue weighted by atomic mass is 10.2.